The lowest BCUT2D eigenvalue weighted by Gasteiger charge is -2.04. The molecule has 1 aromatic heterocycles. The largest absolute Gasteiger partial charge is 0.478 e. The second-order valence-corrected chi connectivity index (χ2v) is 5.23. The summed E-state index contributed by atoms with van der Waals surface area (Å²) < 4.78 is 0. The van der Waals surface area contributed by atoms with Crippen molar-refractivity contribution < 1.29 is 9.90 Å². The van der Waals surface area contributed by atoms with Gasteiger partial charge in [0.15, 0.2) is 0 Å². The third-order valence-corrected chi connectivity index (χ3v) is 3.71. The fraction of sp³-hybridized carbons (Fsp3) is 0.154. The molecule has 0 saturated carbocycles. The van der Waals surface area contributed by atoms with Crippen molar-refractivity contribution in [3.8, 4) is 0 Å². The molecule has 2 rings (SSSR count). The van der Waals surface area contributed by atoms with Gasteiger partial charge in [0.05, 0.1) is 5.69 Å². The van der Waals surface area contributed by atoms with Crippen LogP contribution in [0.3, 0.4) is 0 Å². The van der Waals surface area contributed by atoms with Crippen molar-refractivity contribution in [2.75, 3.05) is 0 Å². The molecule has 2 aromatic rings. The van der Waals surface area contributed by atoms with E-state index >= 15 is 0 Å². The number of aromatic carboxylic acids is 1. The highest BCUT2D eigenvalue weighted by molar-refractivity contribution is 7.97. The topological polar surface area (TPSA) is 63.1 Å². The van der Waals surface area contributed by atoms with Crippen molar-refractivity contribution in [3.05, 3.63) is 58.6 Å². The minimum absolute atomic E-state index is 0.158. The molecular weight excluding hydrogens is 284 g/mol. The number of hydrogen-bond donors (Lipinski definition) is 1. The van der Waals surface area contributed by atoms with Crippen LogP contribution in [0.2, 0.25) is 5.02 Å². The van der Waals surface area contributed by atoms with Gasteiger partial charge in [-0.2, -0.15) is 11.8 Å². The minimum Gasteiger partial charge on any atom is -0.478 e. The highest BCUT2D eigenvalue weighted by Gasteiger charge is 2.10. The minimum atomic E-state index is -0.998. The lowest BCUT2D eigenvalue weighted by molar-refractivity contribution is 0.0695. The highest BCUT2D eigenvalue weighted by atomic mass is 35.5. The molecule has 6 heteroatoms. The van der Waals surface area contributed by atoms with E-state index in [9.17, 15) is 4.79 Å². The molecule has 0 atom stereocenters. The number of aromatic nitrogens is 2. The van der Waals surface area contributed by atoms with Crippen molar-refractivity contribution >= 4 is 29.3 Å². The van der Waals surface area contributed by atoms with Gasteiger partial charge in [-0.05, 0) is 17.7 Å². The molecule has 0 saturated heterocycles. The maximum atomic E-state index is 11.0. The molecule has 0 fully saturated rings. The Morgan fingerprint density at radius 2 is 2.00 bits per heavy atom. The number of nitrogens with zero attached hydrogens (tertiary/aromatic N) is 2. The zero-order chi connectivity index (χ0) is 13.7. The molecule has 0 unspecified atom stereocenters. The molecular formula is C13H11ClN2O2S. The molecule has 1 heterocycles. The van der Waals surface area contributed by atoms with E-state index in [0.717, 1.165) is 11.3 Å². The van der Waals surface area contributed by atoms with Crippen LogP contribution in [0.1, 0.15) is 21.6 Å². The summed E-state index contributed by atoms with van der Waals surface area (Å²) in [7, 11) is 0. The van der Waals surface area contributed by atoms with Gasteiger partial charge in [-0.1, -0.05) is 23.7 Å². The predicted molar refractivity (Wildman–Crippen MR) is 75.4 cm³/mol. The summed E-state index contributed by atoms with van der Waals surface area (Å²) in [4.78, 5) is 18.7. The van der Waals surface area contributed by atoms with E-state index < -0.39 is 5.97 Å². The van der Waals surface area contributed by atoms with Crippen molar-refractivity contribution in [2.24, 2.45) is 0 Å². The van der Waals surface area contributed by atoms with Gasteiger partial charge in [-0.3, -0.25) is 0 Å². The van der Waals surface area contributed by atoms with Crippen LogP contribution in [-0.4, -0.2) is 21.0 Å². The van der Waals surface area contributed by atoms with Gasteiger partial charge in [-0.25, -0.2) is 14.8 Å². The fourth-order valence-electron chi connectivity index (χ4n) is 1.49. The van der Waals surface area contributed by atoms with Crippen LogP contribution in [0, 0.1) is 0 Å². The quantitative estimate of drug-likeness (QED) is 0.917. The average Bonchev–Trinajstić information content (AvgIpc) is 2.41. The molecule has 0 spiro atoms. The summed E-state index contributed by atoms with van der Waals surface area (Å²) in [5.41, 5.74) is 1.84. The SMILES string of the molecule is O=C(O)c1cncnc1CSCc1ccc(Cl)cc1. The molecule has 0 aliphatic carbocycles. The third kappa shape index (κ3) is 3.94. The van der Waals surface area contributed by atoms with E-state index in [-0.39, 0.29) is 5.56 Å². The standard InChI is InChI=1S/C13H11ClN2O2S/c14-10-3-1-9(2-4-10)6-19-7-12-11(13(17)18)5-15-8-16-12/h1-5,8H,6-7H2,(H,17,18). The average molecular weight is 295 g/mol. The second kappa shape index (κ2) is 6.54. The molecule has 0 aliphatic heterocycles. The fourth-order valence-corrected chi connectivity index (χ4v) is 2.57. The number of hydrogen-bond acceptors (Lipinski definition) is 4. The van der Waals surface area contributed by atoms with Crippen LogP contribution in [-0.2, 0) is 11.5 Å². The lowest BCUT2D eigenvalue weighted by Crippen LogP contribution is -2.04. The molecule has 0 bridgehead atoms. The molecule has 0 aliphatic rings. The monoisotopic (exact) mass is 294 g/mol. The zero-order valence-electron chi connectivity index (χ0n) is 9.91. The summed E-state index contributed by atoms with van der Waals surface area (Å²) in [6.07, 6.45) is 2.69. The van der Waals surface area contributed by atoms with Crippen LogP contribution in [0.15, 0.2) is 36.8 Å². The first-order valence-electron chi connectivity index (χ1n) is 5.51. The van der Waals surface area contributed by atoms with Gasteiger partial charge in [0.25, 0.3) is 0 Å². The second-order valence-electron chi connectivity index (χ2n) is 3.81. The summed E-state index contributed by atoms with van der Waals surface area (Å²) in [6, 6.07) is 7.58. The normalized spacial score (nSPS) is 10.4. The Kier molecular flexibility index (Phi) is 4.76. The number of carboxylic acids is 1. The molecule has 1 aromatic carbocycles. The number of carboxylic acid groups (broad SMARTS) is 1. The van der Waals surface area contributed by atoms with Crippen molar-refractivity contribution in [1.29, 1.82) is 0 Å². The molecule has 0 amide bonds. The first-order valence-corrected chi connectivity index (χ1v) is 7.04. The molecule has 98 valence electrons. The summed E-state index contributed by atoms with van der Waals surface area (Å²) in [6.45, 7) is 0. The first kappa shape index (κ1) is 13.8. The van der Waals surface area contributed by atoms with Crippen LogP contribution in [0.5, 0.6) is 0 Å². The Morgan fingerprint density at radius 3 is 2.68 bits per heavy atom. The van der Waals surface area contributed by atoms with E-state index in [1.54, 1.807) is 11.8 Å². The molecule has 4 nitrogen and oxygen atoms in total. The molecule has 0 radical (unpaired) electrons. The van der Waals surface area contributed by atoms with E-state index in [1.165, 1.54) is 12.5 Å². The van der Waals surface area contributed by atoms with Crippen molar-refractivity contribution in [2.45, 2.75) is 11.5 Å². The Labute approximate surface area is 119 Å². The van der Waals surface area contributed by atoms with Gasteiger partial charge < -0.3 is 5.11 Å². The van der Waals surface area contributed by atoms with Gasteiger partial charge in [0, 0.05) is 22.7 Å². The Balaban J connectivity index is 1.96. The summed E-state index contributed by atoms with van der Waals surface area (Å²) in [5, 5.41) is 9.71. The van der Waals surface area contributed by atoms with Gasteiger partial charge in [0.1, 0.15) is 11.9 Å². The van der Waals surface area contributed by atoms with E-state index in [1.807, 2.05) is 24.3 Å². The van der Waals surface area contributed by atoms with Crippen molar-refractivity contribution in [1.82, 2.24) is 9.97 Å². The van der Waals surface area contributed by atoms with Gasteiger partial charge in [0.2, 0.25) is 0 Å². The van der Waals surface area contributed by atoms with Crippen LogP contribution >= 0.6 is 23.4 Å². The van der Waals surface area contributed by atoms with E-state index in [2.05, 4.69) is 9.97 Å². The summed E-state index contributed by atoms with van der Waals surface area (Å²) >= 11 is 7.41. The highest BCUT2D eigenvalue weighted by Crippen LogP contribution is 2.19. The van der Waals surface area contributed by atoms with E-state index in [4.69, 9.17) is 16.7 Å². The maximum absolute atomic E-state index is 11.0. The van der Waals surface area contributed by atoms with Gasteiger partial charge in [-0.15, -0.1) is 0 Å². The van der Waals surface area contributed by atoms with Crippen molar-refractivity contribution in [3.63, 3.8) is 0 Å². The third-order valence-electron chi connectivity index (χ3n) is 2.45. The Hall–Kier alpha value is -1.59. The molecule has 1 N–H and O–H groups in total. The van der Waals surface area contributed by atoms with Crippen LogP contribution in [0.25, 0.3) is 0 Å². The van der Waals surface area contributed by atoms with Gasteiger partial charge >= 0.3 is 5.97 Å². The number of carbonyl (C=O) groups is 1. The Bertz CT molecular complexity index is 575. The number of thioether (sulfide) groups is 1. The van der Waals surface area contributed by atoms with Crippen LogP contribution < -0.4 is 0 Å². The number of halogens is 1. The van der Waals surface area contributed by atoms with Crippen LogP contribution in [0.4, 0.5) is 0 Å². The predicted octanol–water partition coefficient (Wildman–Crippen LogP) is 3.26. The molecule has 19 heavy (non-hydrogen) atoms. The smallest absolute Gasteiger partial charge is 0.339 e. The maximum Gasteiger partial charge on any atom is 0.339 e. The number of rotatable bonds is 5. The Morgan fingerprint density at radius 1 is 1.26 bits per heavy atom. The first-order chi connectivity index (χ1) is 9.16. The summed E-state index contributed by atoms with van der Waals surface area (Å²) in [5.74, 6) is 0.315. The van der Waals surface area contributed by atoms with E-state index in [0.29, 0.717) is 16.5 Å². The number of benzene rings is 1. The zero-order valence-corrected chi connectivity index (χ0v) is 11.5. The lowest BCUT2D eigenvalue weighted by atomic mass is 10.2.